The molecule has 0 bridgehead atoms. The number of nitrogens with one attached hydrogen (secondary N) is 2. The number of hydrazone groups is 1. The van der Waals surface area contributed by atoms with E-state index in [2.05, 4.69) is 32.9 Å². The van der Waals surface area contributed by atoms with Crippen LogP contribution in [0.15, 0.2) is 41.5 Å². The first-order valence-corrected chi connectivity index (χ1v) is 9.14. The summed E-state index contributed by atoms with van der Waals surface area (Å²) in [6.45, 7) is 3.44. The van der Waals surface area contributed by atoms with E-state index in [9.17, 15) is 0 Å². The van der Waals surface area contributed by atoms with Gasteiger partial charge in [0.25, 0.3) is 0 Å². The molecule has 1 aromatic heterocycles. The van der Waals surface area contributed by atoms with Crippen LogP contribution in [-0.2, 0) is 4.74 Å². The summed E-state index contributed by atoms with van der Waals surface area (Å²) in [5.41, 5.74) is 3.67. The molecule has 1 fully saturated rings. The monoisotopic (exact) mass is 376 g/mol. The number of benzene rings is 1. The van der Waals surface area contributed by atoms with Gasteiger partial charge in [-0.25, -0.2) is 0 Å². The van der Waals surface area contributed by atoms with Crippen LogP contribution in [0.2, 0.25) is 0 Å². The summed E-state index contributed by atoms with van der Waals surface area (Å²) in [7, 11) is 1.63. The van der Waals surface area contributed by atoms with E-state index in [0.717, 1.165) is 42.6 Å². The lowest BCUT2D eigenvalue weighted by Gasteiger charge is -2.27. The van der Waals surface area contributed by atoms with Gasteiger partial charge in [0, 0.05) is 29.7 Å². The first-order valence-electron chi connectivity index (χ1n) is 7.91. The topological polar surface area (TPSA) is 58.1 Å². The number of thiophene rings is 1. The van der Waals surface area contributed by atoms with E-state index in [1.54, 1.807) is 24.7 Å². The maximum Gasteiger partial charge on any atom is 0.191 e. The van der Waals surface area contributed by atoms with Gasteiger partial charge in [-0.1, -0.05) is 6.07 Å². The quantitative estimate of drug-likeness (QED) is 0.475. The third-order valence-corrected chi connectivity index (χ3v) is 4.89. The Hall–Kier alpha value is -2.16. The van der Waals surface area contributed by atoms with Crippen molar-refractivity contribution < 1.29 is 9.47 Å². The van der Waals surface area contributed by atoms with E-state index in [1.165, 1.54) is 5.00 Å². The number of morpholine rings is 1. The molecule has 8 heteroatoms. The zero-order valence-corrected chi connectivity index (χ0v) is 15.5. The molecule has 1 aliphatic rings. The summed E-state index contributed by atoms with van der Waals surface area (Å²) in [4.78, 5) is 3.40. The summed E-state index contributed by atoms with van der Waals surface area (Å²) in [5.74, 6) is 0.769. The molecular formula is C17H20N4O2S2. The maximum atomic E-state index is 5.38. The molecule has 0 saturated carbocycles. The van der Waals surface area contributed by atoms with Crippen LogP contribution in [0.25, 0.3) is 0 Å². The van der Waals surface area contributed by atoms with Crippen molar-refractivity contribution in [2.24, 2.45) is 5.10 Å². The molecule has 3 rings (SSSR count). The molecule has 0 aliphatic carbocycles. The van der Waals surface area contributed by atoms with Crippen molar-refractivity contribution in [2.75, 3.05) is 43.6 Å². The van der Waals surface area contributed by atoms with Gasteiger partial charge in [-0.2, -0.15) is 5.10 Å². The van der Waals surface area contributed by atoms with E-state index >= 15 is 0 Å². The number of hydrogen-bond acceptors (Lipinski definition) is 6. The smallest absolute Gasteiger partial charge is 0.191 e. The minimum absolute atomic E-state index is 0.425. The third kappa shape index (κ3) is 5.15. The second kappa shape index (κ2) is 8.80. The molecule has 1 aromatic carbocycles. The van der Waals surface area contributed by atoms with Gasteiger partial charge in [-0.15, -0.1) is 11.3 Å². The van der Waals surface area contributed by atoms with Gasteiger partial charge >= 0.3 is 0 Å². The van der Waals surface area contributed by atoms with Crippen molar-refractivity contribution in [3.8, 4) is 5.75 Å². The van der Waals surface area contributed by atoms with Crippen LogP contribution in [0, 0.1) is 0 Å². The fourth-order valence-corrected chi connectivity index (χ4v) is 3.48. The molecule has 1 aliphatic heterocycles. The molecule has 2 N–H and O–H groups in total. The Morgan fingerprint density at radius 3 is 2.96 bits per heavy atom. The first kappa shape index (κ1) is 17.7. The Morgan fingerprint density at radius 1 is 1.32 bits per heavy atom. The van der Waals surface area contributed by atoms with E-state index in [-0.39, 0.29) is 0 Å². The minimum atomic E-state index is 0.425. The van der Waals surface area contributed by atoms with Crippen LogP contribution in [-0.4, -0.2) is 44.7 Å². The molecule has 25 heavy (non-hydrogen) atoms. The summed E-state index contributed by atoms with van der Waals surface area (Å²) in [6.07, 6.45) is 1.77. The van der Waals surface area contributed by atoms with Crippen LogP contribution in [0.5, 0.6) is 5.75 Å². The fourth-order valence-electron chi connectivity index (χ4n) is 2.38. The molecule has 0 spiro atoms. The van der Waals surface area contributed by atoms with Crippen LogP contribution in [0.1, 0.15) is 4.88 Å². The van der Waals surface area contributed by atoms with E-state index < -0.39 is 0 Å². The molecule has 0 amide bonds. The molecule has 0 unspecified atom stereocenters. The Balaban J connectivity index is 1.50. The lowest BCUT2D eigenvalue weighted by molar-refractivity contribution is 0.123. The molecule has 0 atom stereocenters. The van der Waals surface area contributed by atoms with Gasteiger partial charge in [0.2, 0.25) is 0 Å². The summed E-state index contributed by atoms with van der Waals surface area (Å²) >= 11 is 6.94. The average molecular weight is 377 g/mol. The van der Waals surface area contributed by atoms with Gasteiger partial charge in [0.05, 0.1) is 31.5 Å². The van der Waals surface area contributed by atoms with Crippen molar-refractivity contribution in [2.45, 2.75) is 0 Å². The molecule has 1 saturated heterocycles. The first-order chi connectivity index (χ1) is 12.2. The number of ether oxygens (including phenoxy) is 2. The van der Waals surface area contributed by atoms with E-state index in [0.29, 0.717) is 5.11 Å². The summed E-state index contributed by atoms with van der Waals surface area (Å²) < 4.78 is 10.6. The largest absolute Gasteiger partial charge is 0.497 e. The second-order valence-electron chi connectivity index (χ2n) is 5.33. The average Bonchev–Trinajstić information content (AvgIpc) is 3.11. The van der Waals surface area contributed by atoms with Gasteiger partial charge in [0.15, 0.2) is 5.11 Å². The number of nitrogens with zero attached hydrogens (tertiary/aromatic N) is 2. The number of rotatable bonds is 5. The Bertz CT molecular complexity index is 742. The zero-order valence-electron chi connectivity index (χ0n) is 13.9. The Kier molecular flexibility index (Phi) is 6.21. The van der Waals surface area contributed by atoms with Crippen LogP contribution < -0.4 is 20.4 Å². The van der Waals surface area contributed by atoms with Crippen LogP contribution in [0.4, 0.5) is 10.7 Å². The molecule has 132 valence electrons. The number of anilines is 2. The van der Waals surface area contributed by atoms with Gasteiger partial charge in [0.1, 0.15) is 5.75 Å². The van der Waals surface area contributed by atoms with Crippen molar-refractivity contribution in [3.63, 3.8) is 0 Å². The number of hydrogen-bond donors (Lipinski definition) is 2. The number of methoxy groups -OCH3 is 1. The predicted molar refractivity (Wildman–Crippen MR) is 107 cm³/mol. The molecule has 0 radical (unpaired) electrons. The van der Waals surface area contributed by atoms with Crippen molar-refractivity contribution in [1.82, 2.24) is 5.43 Å². The van der Waals surface area contributed by atoms with E-state index in [4.69, 9.17) is 21.7 Å². The van der Waals surface area contributed by atoms with Crippen molar-refractivity contribution in [3.05, 3.63) is 41.3 Å². The maximum absolute atomic E-state index is 5.38. The van der Waals surface area contributed by atoms with Crippen LogP contribution >= 0.6 is 23.6 Å². The summed E-state index contributed by atoms with van der Waals surface area (Å²) in [5, 5.41) is 8.93. The van der Waals surface area contributed by atoms with Crippen molar-refractivity contribution in [1.29, 1.82) is 0 Å². The predicted octanol–water partition coefficient (Wildman–Crippen LogP) is 2.91. The standard InChI is InChI=1S/C17H20N4O2S2/c1-22-14-4-2-3-13(11-14)19-17(24)20-18-12-15-5-6-16(25-15)21-7-9-23-10-8-21/h2-6,11-12H,7-10H2,1H3,(H2,19,20,24)/b18-12+. The highest BCUT2D eigenvalue weighted by molar-refractivity contribution is 7.80. The highest BCUT2D eigenvalue weighted by atomic mass is 32.1. The highest BCUT2D eigenvalue weighted by Gasteiger charge is 2.12. The van der Waals surface area contributed by atoms with Gasteiger partial charge in [-0.05, 0) is 36.5 Å². The number of thiocarbonyl (C=S) groups is 1. The van der Waals surface area contributed by atoms with Gasteiger partial charge in [-0.3, -0.25) is 5.43 Å². The lowest BCUT2D eigenvalue weighted by atomic mass is 10.3. The zero-order chi connectivity index (χ0) is 17.5. The van der Waals surface area contributed by atoms with Crippen molar-refractivity contribution >= 4 is 45.6 Å². The molecule has 2 aromatic rings. The molecular weight excluding hydrogens is 356 g/mol. The minimum Gasteiger partial charge on any atom is -0.497 e. The molecule has 6 nitrogen and oxygen atoms in total. The van der Waals surface area contributed by atoms with E-state index in [1.807, 2.05) is 24.3 Å². The Labute approximate surface area is 156 Å². The van der Waals surface area contributed by atoms with Crippen LogP contribution in [0.3, 0.4) is 0 Å². The Morgan fingerprint density at radius 2 is 2.16 bits per heavy atom. The third-order valence-electron chi connectivity index (χ3n) is 3.62. The summed E-state index contributed by atoms with van der Waals surface area (Å²) in [6, 6.07) is 11.7. The fraction of sp³-hybridized carbons (Fsp3) is 0.294. The highest BCUT2D eigenvalue weighted by Crippen LogP contribution is 2.25. The van der Waals surface area contributed by atoms with Gasteiger partial charge < -0.3 is 19.7 Å². The second-order valence-corrected chi connectivity index (χ2v) is 6.83. The SMILES string of the molecule is COc1cccc(NC(=S)N/N=C/c2ccc(N3CCOCC3)s2)c1. The normalized spacial score (nSPS) is 14.5. The lowest BCUT2D eigenvalue weighted by Crippen LogP contribution is -2.35. The molecule has 2 heterocycles.